The van der Waals surface area contributed by atoms with E-state index in [9.17, 15) is 9.90 Å². The van der Waals surface area contributed by atoms with Gasteiger partial charge in [-0.2, -0.15) is 0 Å². The van der Waals surface area contributed by atoms with E-state index in [0.717, 1.165) is 16.7 Å². The second kappa shape index (κ2) is 7.83. The number of aliphatic carboxylic acids is 1. The lowest BCUT2D eigenvalue weighted by atomic mass is 9.76. The summed E-state index contributed by atoms with van der Waals surface area (Å²) in [4.78, 5) is 11.4. The van der Waals surface area contributed by atoms with Gasteiger partial charge >= 0.3 is 5.97 Å². The summed E-state index contributed by atoms with van der Waals surface area (Å²) in [5, 5.41) is 13.2. The Morgan fingerprint density at radius 2 is 1.18 bits per heavy atom. The van der Waals surface area contributed by atoms with E-state index >= 15 is 0 Å². The van der Waals surface area contributed by atoms with Gasteiger partial charge in [0.2, 0.25) is 0 Å². The lowest BCUT2D eigenvalue weighted by molar-refractivity contribution is -0.140. The Bertz CT molecular complexity index is 855. The van der Waals surface area contributed by atoms with Crippen molar-refractivity contribution in [1.29, 1.82) is 0 Å². The average Bonchev–Trinajstić information content (AvgIpc) is 3.23. The smallest absolute Gasteiger partial charge is 0.310 e. The molecular weight excluding hydrogens is 346 g/mol. The second-order valence-electron chi connectivity index (χ2n) is 7.16. The van der Waals surface area contributed by atoms with Gasteiger partial charge in [-0.1, -0.05) is 103 Å². The number of nitrogens with one attached hydrogen (secondary N) is 1. The van der Waals surface area contributed by atoms with Crippen LogP contribution in [0.4, 0.5) is 0 Å². The molecule has 0 radical (unpaired) electrons. The van der Waals surface area contributed by atoms with Crippen LogP contribution in [0.2, 0.25) is 0 Å². The number of rotatable bonds is 6. The first kappa shape index (κ1) is 18.2. The van der Waals surface area contributed by atoms with Crippen molar-refractivity contribution < 1.29 is 9.90 Å². The highest BCUT2D eigenvalue weighted by Gasteiger charge is 2.39. The fourth-order valence-corrected chi connectivity index (χ4v) is 4.08. The molecule has 2 atom stereocenters. The summed E-state index contributed by atoms with van der Waals surface area (Å²) in [6.07, 6.45) is 4.33. The van der Waals surface area contributed by atoms with Crippen LogP contribution in [0.25, 0.3) is 0 Å². The molecule has 140 valence electrons. The van der Waals surface area contributed by atoms with Gasteiger partial charge < -0.3 is 5.11 Å². The summed E-state index contributed by atoms with van der Waals surface area (Å²) in [5.41, 5.74) is 2.80. The minimum atomic E-state index is -0.773. The van der Waals surface area contributed by atoms with Crippen molar-refractivity contribution >= 4 is 5.97 Å². The quantitative estimate of drug-likeness (QED) is 0.493. The minimum absolute atomic E-state index is 0.0401. The number of carbonyl (C=O) groups is 1. The summed E-state index contributed by atoms with van der Waals surface area (Å²) in [6, 6.07) is 31.0. The maximum Gasteiger partial charge on any atom is 0.310 e. The van der Waals surface area contributed by atoms with Crippen molar-refractivity contribution in [2.75, 3.05) is 0 Å². The second-order valence-corrected chi connectivity index (χ2v) is 7.16. The Balaban J connectivity index is 1.87. The molecule has 0 spiro atoms. The van der Waals surface area contributed by atoms with Gasteiger partial charge in [0.1, 0.15) is 0 Å². The average molecular weight is 369 g/mol. The first-order valence-electron chi connectivity index (χ1n) is 9.55. The molecule has 3 aromatic rings. The van der Waals surface area contributed by atoms with Crippen molar-refractivity contribution in [3.05, 3.63) is 120 Å². The van der Waals surface area contributed by atoms with Crippen molar-refractivity contribution in [2.45, 2.75) is 18.0 Å². The van der Waals surface area contributed by atoms with Gasteiger partial charge in [-0.15, -0.1) is 0 Å². The molecule has 0 unspecified atom stereocenters. The molecule has 28 heavy (non-hydrogen) atoms. The molecular formula is C25H23NO2. The van der Waals surface area contributed by atoms with Crippen LogP contribution in [0, 0.1) is 5.92 Å². The first-order chi connectivity index (χ1) is 13.7. The lowest BCUT2D eigenvalue weighted by Crippen LogP contribution is -2.49. The van der Waals surface area contributed by atoms with E-state index in [1.54, 1.807) is 6.08 Å². The Hall–Kier alpha value is -3.17. The van der Waals surface area contributed by atoms with E-state index in [1.165, 1.54) is 0 Å². The van der Waals surface area contributed by atoms with E-state index in [1.807, 2.05) is 60.7 Å². The molecule has 3 heteroatoms. The van der Waals surface area contributed by atoms with Crippen LogP contribution in [-0.4, -0.2) is 17.1 Å². The fraction of sp³-hybridized carbons (Fsp3) is 0.160. The number of hydrogen-bond acceptors (Lipinski definition) is 2. The normalized spacial score (nSPS) is 18.9. The van der Waals surface area contributed by atoms with Crippen LogP contribution in [0.1, 0.15) is 23.1 Å². The molecule has 0 amide bonds. The van der Waals surface area contributed by atoms with Crippen molar-refractivity contribution in [3.8, 4) is 0 Å². The Morgan fingerprint density at radius 1 is 0.750 bits per heavy atom. The monoisotopic (exact) mass is 369 g/mol. The van der Waals surface area contributed by atoms with E-state index in [2.05, 4.69) is 41.7 Å². The molecule has 0 aromatic heterocycles. The summed E-state index contributed by atoms with van der Waals surface area (Å²) < 4.78 is 0. The largest absolute Gasteiger partial charge is 0.481 e. The van der Waals surface area contributed by atoms with Gasteiger partial charge in [-0.25, -0.2) is 0 Å². The zero-order valence-electron chi connectivity index (χ0n) is 15.5. The number of benzene rings is 3. The molecule has 3 aromatic carbocycles. The first-order valence-corrected chi connectivity index (χ1v) is 9.55. The van der Waals surface area contributed by atoms with Gasteiger partial charge in [0.05, 0.1) is 11.5 Å². The van der Waals surface area contributed by atoms with E-state index in [4.69, 9.17) is 0 Å². The maximum atomic E-state index is 11.4. The topological polar surface area (TPSA) is 49.3 Å². The Morgan fingerprint density at radius 3 is 1.54 bits per heavy atom. The molecule has 0 heterocycles. The SMILES string of the molecule is O=C(O)[C@@H]1C=C[C@H](NC(c2ccccc2)(c2ccccc2)c2ccccc2)C1. The van der Waals surface area contributed by atoms with Crippen LogP contribution < -0.4 is 5.32 Å². The molecule has 0 aliphatic heterocycles. The third kappa shape index (κ3) is 3.37. The third-order valence-corrected chi connectivity index (χ3v) is 5.42. The molecule has 1 aliphatic carbocycles. The zero-order chi connectivity index (χ0) is 19.4. The highest BCUT2D eigenvalue weighted by atomic mass is 16.4. The molecule has 3 nitrogen and oxygen atoms in total. The predicted octanol–water partition coefficient (Wildman–Crippen LogP) is 4.60. The number of hydrogen-bond donors (Lipinski definition) is 2. The Kier molecular flexibility index (Phi) is 5.09. The van der Waals surface area contributed by atoms with Gasteiger partial charge in [-0.05, 0) is 23.1 Å². The van der Waals surface area contributed by atoms with E-state index < -0.39 is 17.4 Å². The van der Waals surface area contributed by atoms with Crippen LogP contribution in [0.15, 0.2) is 103 Å². The standard InChI is InChI=1S/C25H23NO2/c27-24(28)19-16-17-23(18-19)26-25(20-10-4-1-5-11-20,21-12-6-2-7-13-21)22-14-8-3-9-15-22/h1-17,19,23,26H,18H2,(H,27,28)/t19-,23+/m1/s1. The third-order valence-electron chi connectivity index (χ3n) is 5.42. The number of carboxylic acids is 1. The van der Waals surface area contributed by atoms with Crippen LogP contribution in [0.3, 0.4) is 0 Å². The predicted molar refractivity (Wildman–Crippen MR) is 111 cm³/mol. The molecule has 1 aliphatic rings. The van der Waals surface area contributed by atoms with Crippen molar-refractivity contribution in [1.82, 2.24) is 5.32 Å². The molecule has 2 N–H and O–H groups in total. The van der Waals surface area contributed by atoms with Gasteiger partial charge in [0, 0.05) is 6.04 Å². The highest BCUT2D eigenvalue weighted by Crippen LogP contribution is 2.38. The van der Waals surface area contributed by atoms with Crippen molar-refractivity contribution in [2.24, 2.45) is 5.92 Å². The van der Waals surface area contributed by atoms with Crippen LogP contribution >= 0.6 is 0 Å². The van der Waals surface area contributed by atoms with E-state index in [0.29, 0.717) is 6.42 Å². The van der Waals surface area contributed by atoms with Crippen LogP contribution in [-0.2, 0) is 10.3 Å². The maximum absolute atomic E-state index is 11.4. The van der Waals surface area contributed by atoms with Gasteiger partial charge in [-0.3, -0.25) is 10.1 Å². The number of carboxylic acid groups (broad SMARTS) is 1. The molecule has 0 fully saturated rings. The summed E-state index contributed by atoms with van der Waals surface area (Å²) in [6.45, 7) is 0. The van der Waals surface area contributed by atoms with Crippen LogP contribution in [0.5, 0.6) is 0 Å². The summed E-state index contributed by atoms with van der Waals surface area (Å²) in [7, 11) is 0. The summed E-state index contributed by atoms with van der Waals surface area (Å²) >= 11 is 0. The lowest BCUT2D eigenvalue weighted by Gasteiger charge is -2.39. The fourth-order valence-electron chi connectivity index (χ4n) is 4.08. The molecule has 0 bridgehead atoms. The van der Waals surface area contributed by atoms with Gasteiger partial charge in [0.15, 0.2) is 0 Å². The molecule has 0 saturated heterocycles. The molecule has 0 saturated carbocycles. The Labute approximate surface area is 165 Å². The van der Waals surface area contributed by atoms with Crippen molar-refractivity contribution in [3.63, 3.8) is 0 Å². The summed E-state index contributed by atoms with van der Waals surface area (Å²) in [5.74, 6) is -1.22. The van der Waals surface area contributed by atoms with Gasteiger partial charge in [0.25, 0.3) is 0 Å². The van der Waals surface area contributed by atoms with E-state index in [-0.39, 0.29) is 6.04 Å². The minimum Gasteiger partial charge on any atom is -0.481 e. The molecule has 4 rings (SSSR count). The highest BCUT2D eigenvalue weighted by molar-refractivity contribution is 5.73. The zero-order valence-corrected chi connectivity index (χ0v) is 15.5.